The highest BCUT2D eigenvalue weighted by Crippen LogP contribution is 2.40. The number of fused-ring (bicyclic) bond motifs is 2. The molecule has 4 rings (SSSR count). The van der Waals surface area contributed by atoms with Gasteiger partial charge in [-0.15, -0.1) is 0 Å². The lowest BCUT2D eigenvalue weighted by Gasteiger charge is -2.11. The molecule has 4 aromatic rings. The number of hydrogen-bond acceptors (Lipinski definition) is 2. The van der Waals surface area contributed by atoms with Crippen molar-refractivity contribution in [1.82, 2.24) is 0 Å². The van der Waals surface area contributed by atoms with Gasteiger partial charge in [0.15, 0.2) is 0 Å². The Labute approximate surface area is 140 Å². The molecule has 0 spiro atoms. The molecule has 0 radical (unpaired) electrons. The molecule has 2 N–H and O–H groups in total. The van der Waals surface area contributed by atoms with Gasteiger partial charge in [-0.2, -0.15) is 0 Å². The summed E-state index contributed by atoms with van der Waals surface area (Å²) in [5, 5.41) is 25.0. The van der Waals surface area contributed by atoms with Gasteiger partial charge in [0.05, 0.1) is 0 Å². The first-order valence-corrected chi connectivity index (χ1v) is 7.98. The highest BCUT2D eigenvalue weighted by atomic mass is 16.3. The Kier molecular flexibility index (Phi) is 3.20. The molecule has 0 saturated heterocycles. The van der Waals surface area contributed by atoms with E-state index in [-0.39, 0.29) is 11.5 Å². The van der Waals surface area contributed by atoms with E-state index in [1.54, 1.807) is 12.1 Å². The molecule has 0 aliphatic rings. The lowest BCUT2D eigenvalue weighted by Crippen LogP contribution is -1.85. The Balaban J connectivity index is 2.00. The van der Waals surface area contributed by atoms with Gasteiger partial charge in [-0.1, -0.05) is 47.5 Å². The maximum Gasteiger partial charge on any atom is 0.124 e. The summed E-state index contributed by atoms with van der Waals surface area (Å²) in [6.07, 6.45) is 0. The molecule has 4 aromatic carbocycles. The minimum absolute atomic E-state index is 0.175. The van der Waals surface area contributed by atoms with E-state index in [2.05, 4.69) is 12.1 Å². The van der Waals surface area contributed by atoms with Crippen LogP contribution in [0, 0.1) is 13.8 Å². The van der Waals surface area contributed by atoms with E-state index in [1.165, 1.54) is 0 Å². The van der Waals surface area contributed by atoms with Crippen molar-refractivity contribution >= 4 is 21.5 Å². The molecule has 0 aromatic heterocycles. The Hall–Kier alpha value is -3.00. The van der Waals surface area contributed by atoms with Crippen LogP contribution in [-0.4, -0.2) is 10.2 Å². The number of aromatic hydroxyl groups is 2. The van der Waals surface area contributed by atoms with Crippen LogP contribution < -0.4 is 0 Å². The summed E-state index contributed by atoms with van der Waals surface area (Å²) in [5.74, 6) is 0.349. The number of aryl methyl sites for hydroxylation is 2. The maximum atomic E-state index is 10.5. The predicted octanol–water partition coefficient (Wildman–Crippen LogP) is 5.69. The smallest absolute Gasteiger partial charge is 0.124 e. The summed E-state index contributed by atoms with van der Waals surface area (Å²) in [4.78, 5) is 0. The topological polar surface area (TPSA) is 40.5 Å². The third-order valence-corrected chi connectivity index (χ3v) is 4.51. The molecule has 2 heteroatoms. The van der Waals surface area contributed by atoms with Crippen LogP contribution >= 0.6 is 0 Å². The first-order valence-electron chi connectivity index (χ1n) is 7.98. The average Bonchev–Trinajstić information content (AvgIpc) is 2.54. The summed E-state index contributed by atoms with van der Waals surface area (Å²) >= 11 is 0. The van der Waals surface area contributed by atoms with Crippen molar-refractivity contribution in [3.63, 3.8) is 0 Å². The fourth-order valence-electron chi connectivity index (χ4n) is 3.24. The van der Waals surface area contributed by atoms with Gasteiger partial charge in [-0.05, 0) is 59.7 Å². The number of benzene rings is 4. The van der Waals surface area contributed by atoms with Crippen LogP contribution in [-0.2, 0) is 0 Å². The monoisotopic (exact) mass is 314 g/mol. The molecular weight excluding hydrogens is 296 g/mol. The Bertz CT molecular complexity index is 1000. The highest BCUT2D eigenvalue weighted by Gasteiger charge is 2.12. The van der Waals surface area contributed by atoms with Crippen LogP contribution in [0.1, 0.15) is 11.1 Å². The second-order valence-corrected chi connectivity index (χ2v) is 6.44. The van der Waals surface area contributed by atoms with Crippen molar-refractivity contribution in [2.75, 3.05) is 0 Å². The van der Waals surface area contributed by atoms with Gasteiger partial charge in [0, 0.05) is 11.1 Å². The Morgan fingerprint density at radius 1 is 0.500 bits per heavy atom. The number of phenols is 2. The summed E-state index contributed by atoms with van der Waals surface area (Å²) in [7, 11) is 0. The van der Waals surface area contributed by atoms with Crippen LogP contribution in [0.4, 0.5) is 0 Å². The highest BCUT2D eigenvalue weighted by molar-refractivity contribution is 5.96. The van der Waals surface area contributed by atoms with Gasteiger partial charge in [-0.25, -0.2) is 0 Å². The van der Waals surface area contributed by atoms with Crippen molar-refractivity contribution < 1.29 is 10.2 Å². The van der Waals surface area contributed by atoms with Crippen LogP contribution in [0.3, 0.4) is 0 Å². The van der Waals surface area contributed by atoms with E-state index in [0.717, 1.165) is 32.7 Å². The molecular formula is C22H18O2. The molecule has 118 valence electrons. The van der Waals surface area contributed by atoms with Crippen molar-refractivity contribution in [3.8, 4) is 22.6 Å². The molecule has 0 aliphatic heterocycles. The summed E-state index contributed by atoms with van der Waals surface area (Å²) in [6.45, 7) is 4.09. The summed E-state index contributed by atoms with van der Waals surface area (Å²) in [5.41, 5.74) is 3.62. The second-order valence-electron chi connectivity index (χ2n) is 6.44. The summed E-state index contributed by atoms with van der Waals surface area (Å²) < 4.78 is 0. The Morgan fingerprint density at radius 3 is 1.33 bits per heavy atom. The zero-order valence-electron chi connectivity index (χ0n) is 13.7. The molecule has 0 saturated carbocycles. The fraction of sp³-hybridized carbons (Fsp3) is 0.0909. The molecule has 0 bridgehead atoms. The molecule has 0 fully saturated rings. The van der Waals surface area contributed by atoms with E-state index in [4.69, 9.17) is 0 Å². The zero-order valence-corrected chi connectivity index (χ0v) is 13.7. The van der Waals surface area contributed by atoms with Gasteiger partial charge in [-0.3, -0.25) is 0 Å². The van der Waals surface area contributed by atoms with E-state index in [1.807, 2.05) is 50.2 Å². The number of phenolic OH excluding ortho intramolecular Hbond substituents is 2. The van der Waals surface area contributed by atoms with E-state index < -0.39 is 0 Å². The number of hydrogen-bond donors (Lipinski definition) is 2. The lowest BCUT2D eigenvalue weighted by atomic mass is 9.95. The molecule has 0 aliphatic carbocycles. The molecule has 0 amide bonds. The van der Waals surface area contributed by atoms with Crippen LogP contribution in [0.15, 0.2) is 60.7 Å². The minimum atomic E-state index is 0.175. The van der Waals surface area contributed by atoms with Gasteiger partial charge in [0.2, 0.25) is 0 Å². The van der Waals surface area contributed by atoms with Crippen molar-refractivity contribution in [2.45, 2.75) is 13.8 Å². The van der Waals surface area contributed by atoms with Gasteiger partial charge < -0.3 is 10.2 Å². The second kappa shape index (κ2) is 5.27. The first kappa shape index (κ1) is 14.6. The first-order chi connectivity index (χ1) is 11.5. The molecule has 2 nitrogen and oxygen atoms in total. The van der Waals surface area contributed by atoms with Gasteiger partial charge in [0.1, 0.15) is 11.5 Å². The fourth-order valence-corrected chi connectivity index (χ4v) is 3.24. The van der Waals surface area contributed by atoms with Gasteiger partial charge in [0.25, 0.3) is 0 Å². The molecule has 0 heterocycles. The maximum absolute atomic E-state index is 10.5. The third-order valence-electron chi connectivity index (χ3n) is 4.51. The number of rotatable bonds is 1. The average molecular weight is 314 g/mol. The minimum Gasteiger partial charge on any atom is -0.507 e. The SMILES string of the molecule is Cc1ccc2cc(O)c(-c3cc4cc(C)ccc4cc3O)cc2c1. The van der Waals surface area contributed by atoms with Crippen molar-refractivity contribution in [3.05, 3.63) is 71.8 Å². The molecule has 24 heavy (non-hydrogen) atoms. The largest absolute Gasteiger partial charge is 0.507 e. The van der Waals surface area contributed by atoms with E-state index in [0.29, 0.717) is 11.1 Å². The lowest BCUT2D eigenvalue weighted by molar-refractivity contribution is 0.470. The van der Waals surface area contributed by atoms with Crippen LogP contribution in [0.2, 0.25) is 0 Å². The van der Waals surface area contributed by atoms with Gasteiger partial charge >= 0.3 is 0 Å². The quantitative estimate of drug-likeness (QED) is 0.474. The van der Waals surface area contributed by atoms with Crippen molar-refractivity contribution in [2.24, 2.45) is 0 Å². The van der Waals surface area contributed by atoms with E-state index in [9.17, 15) is 10.2 Å². The van der Waals surface area contributed by atoms with E-state index >= 15 is 0 Å². The zero-order chi connectivity index (χ0) is 16.8. The summed E-state index contributed by atoms with van der Waals surface area (Å²) in [6, 6.07) is 19.6. The Morgan fingerprint density at radius 2 is 0.917 bits per heavy atom. The predicted molar refractivity (Wildman–Crippen MR) is 99.7 cm³/mol. The molecule has 0 atom stereocenters. The van der Waals surface area contributed by atoms with Crippen molar-refractivity contribution in [1.29, 1.82) is 0 Å². The normalized spacial score (nSPS) is 11.2. The standard InChI is InChI=1S/C22H18O2/c1-13-3-5-15-11-21(23)19(9-17(15)7-13)20-10-18-8-14(2)4-6-16(18)12-22(20)24/h3-12,23-24H,1-2H3. The molecule has 0 unspecified atom stereocenters. The van der Waals surface area contributed by atoms with Crippen LogP contribution in [0.25, 0.3) is 32.7 Å². The third kappa shape index (κ3) is 2.37. The van der Waals surface area contributed by atoms with Crippen LogP contribution in [0.5, 0.6) is 11.5 Å².